The van der Waals surface area contributed by atoms with Crippen LogP contribution in [0.1, 0.15) is 6.42 Å². The van der Waals surface area contributed by atoms with Crippen molar-refractivity contribution in [2.45, 2.75) is 30.8 Å². The highest BCUT2D eigenvalue weighted by Gasteiger charge is 2.54. The topological polar surface area (TPSA) is 53.0 Å². The van der Waals surface area contributed by atoms with Crippen LogP contribution in [0.5, 0.6) is 0 Å². The molecule has 2 rings (SSSR count). The molecule has 3 heteroatoms. The normalized spacial score (nSPS) is 60.8. The van der Waals surface area contributed by atoms with Gasteiger partial charge in [0.2, 0.25) is 0 Å². The van der Waals surface area contributed by atoms with Crippen molar-refractivity contribution in [2.24, 2.45) is 0 Å². The van der Waals surface area contributed by atoms with Crippen molar-refractivity contribution in [3.8, 4) is 0 Å². The number of ether oxygens (including phenoxy) is 1. The molecule has 46 valence electrons. The van der Waals surface area contributed by atoms with E-state index in [4.69, 9.17) is 14.9 Å². The maximum absolute atomic E-state index is 8.93. The number of epoxide rings is 1. The summed E-state index contributed by atoms with van der Waals surface area (Å²) in [5, 5.41) is 17.8. The van der Waals surface area contributed by atoms with Crippen LogP contribution in [0.25, 0.3) is 0 Å². The Kier molecular flexibility index (Phi) is 0.730. The predicted molar refractivity (Wildman–Crippen MR) is 25.3 cm³/mol. The van der Waals surface area contributed by atoms with Crippen LogP contribution in [0.2, 0.25) is 0 Å². The van der Waals surface area contributed by atoms with Gasteiger partial charge >= 0.3 is 0 Å². The van der Waals surface area contributed by atoms with Gasteiger partial charge < -0.3 is 14.9 Å². The molecule has 1 saturated heterocycles. The van der Waals surface area contributed by atoms with Crippen molar-refractivity contribution in [3.05, 3.63) is 0 Å². The van der Waals surface area contributed by atoms with E-state index in [1.807, 2.05) is 0 Å². The molecule has 4 atom stereocenters. The van der Waals surface area contributed by atoms with Gasteiger partial charge in [-0.1, -0.05) is 0 Å². The van der Waals surface area contributed by atoms with Gasteiger partial charge in [0.25, 0.3) is 0 Å². The second kappa shape index (κ2) is 1.23. The third kappa shape index (κ3) is 0.438. The van der Waals surface area contributed by atoms with Gasteiger partial charge in [-0.15, -0.1) is 0 Å². The lowest BCUT2D eigenvalue weighted by Crippen LogP contribution is -2.25. The second-order valence-electron chi connectivity index (χ2n) is 2.43. The van der Waals surface area contributed by atoms with Crippen LogP contribution in [-0.2, 0) is 4.74 Å². The minimum absolute atomic E-state index is 0.0370. The number of hydrogen-bond acceptors (Lipinski definition) is 3. The van der Waals surface area contributed by atoms with Crippen molar-refractivity contribution < 1.29 is 14.9 Å². The predicted octanol–water partition coefficient (Wildman–Crippen LogP) is -1.12. The first-order chi connectivity index (χ1) is 3.79. The van der Waals surface area contributed by atoms with Gasteiger partial charge in [0.1, 0.15) is 12.2 Å². The minimum Gasteiger partial charge on any atom is -0.390 e. The van der Waals surface area contributed by atoms with Gasteiger partial charge in [0, 0.05) is 6.42 Å². The monoisotopic (exact) mass is 116 g/mol. The Hall–Kier alpha value is -0.120. The van der Waals surface area contributed by atoms with E-state index < -0.39 is 12.2 Å². The molecule has 2 aliphatic rings. The number of hydrogen-bond donors (Lipinski definition) is 2. The van der Waals surface area contributed by atoms with Crippen molar-refractivity contribution in [1.29, 1.82) is 0 Å². The quantitative estimate of drug-likeness (QED) is 0.394. The van der Waals surface area contributed by atoms with Gasteiger partial charge in [-0.3, -0.25) is 0 Å². The molecule has 0 bridgehead atoms. The lowest BCUT2D eigenvalue weighted by molar-refractivity contribution is -0.000732. The minimum atomic E-state index is -0.611. The largest absolute Gasteiger partial charge is 0.390 e. The molecule has 1 aliphatic heterocycles. The van der Waals surface area contributed by atoms with Crippen molar-refractivity contribution in [3.63, 3.8) is 0 Å². The van der Waals surface area contributed by atoms with Crippen LogP contribution in [0.4, 0.5) is 0 Å². The summed E-state index contributed by atoms with van der Waals surface area (Å²) in [6.07, 6.45) is -0.394. The fourth-order valence-corrected chi connectivity index (χ4v) is 1.24. The SMILES string of the molecule is O[C@@H]1C2OC2C[C@@H]1O. The van der Waals surface area contributed by atoms with E-state index in [-0.39, 0.29) is 12.2 Å². The fraction of sp³-hybridized carbons (Fsp3) is 1.00. The molecule has 0 amide bonds. The molecule has 2 unspecified atom stereocenters. The number of fused-ring (bicyclic) bond motifs is 1. The van der Waals surface area contributed by atoms with E-state index in [1.54, 1.807) is 0 Å². The lowest BCUT2D eigenvalue weighted by atomic mass is 10.2. The highest BCUT2D eigenvalue weighted by atomic mass is 16.6. The lowest BCUT2D eigenvalue weighted by Gasteiger charge is -2.07. The van der Waals surface area contributed by atoms with E-state index >= 15 is 0 Å². The Morgan fingerprint density at radius 2 is 2.12 bits per heavy atom. The molecular weight excluding hydrogens is 108 g/mol. The smallest absolute Gasteiger partial charge is 0.113 e. The summed E-state index contributed by atoms with van der Waals surface area (Å²) < 4.78 is 4.93. The average molecular weight is 116 g/mol. The van der Waals surface area contributed by atoms with Gasteiger partial charge in [-0.25, -0.2) is 0 Å². The molecule has 8 heavy (non-hydrogen) atoms. The summed E-state index contributed by atoms with van der Waals surface area (Å²) in [7, 11) is 0. The van der Waals surface area contributed by atoms with Crippen LogP contribution >= 0.6 is 0 Å². The van der Waals surface area contributed by atoms with Crippen molar-refractivity contribution in [2.75, 3.05) is 0 Å². The zero-order valence-electron chi connectivity index (χ0n) is 4.32. The van der Waals surface area contributed by atoms with Crippen LogP contribution in [0.3, 0.4) is 0 Å². The summed E-state index contributed by atoms with van der Waals surface area (Å²) in [5.41, 5.74) is 0. The second-order valence-corrected chi connectivity index (χ2v) is 2.43. The number of rotatable bonds is 0. The summed E-state index contributed by atoms with van der Waals surface area (Å²) >= 11 is 0. The maximum Gasteiger partial charge on any atom is 0.113 e. The maximum atomic E-state index is 8.93. The van der Waals surface area contributed by atoms with Gasteiger partial charge in [-0.2, -0.15) is 0 Å². The summed E-state index contributed by atoms with van der Waals surface area (Å²) in [5.74, 6) is 0. The van der Waals surface area contributed by atoms with Crippen LogP contribution in [-0.4, -0.2) is 34.6 Å². The summed E-state index contributed by atoms with van der Waals surface area (Å²) in [6.45, 7) is 0. The zero-order valence-corrected chi connectivity index (χ0v) is 4.32. The molecular formula is C5H8O3. The standard InChI is InChI=1S/C5H8O3/c6-2-1-3-5(8-3)4(2)7/h2-7H,1H2/t2-,3?,4-,5?/m0/s1. The molecule has 3 nitrogen and oxygen atoms in total. The summed E-state index contributed by atoms with van der Waals surface area (Å²) in [6, 6.07) is 0. The Bertz CT molecular complexity index is 112. The van der Waals surface area contributed by atoms with Crippen molar-refractivity contribution >= 4 is 0 Å². The van der Waals surface area contributed by atoms with Gasteiger partial charge in [0.15, 0.2) is 0 Å². The molecule has 0 aromatic rings. The molecule has 1 heterocycles. The highest BCUT2D eigenvalue weighted by molar-refractivity contribution is 5.02. The fourth-order valence-electron chi connectivity index (χ4n) is 1.24. The van der Waals surface area contributed by atoms with E-state index in [0.717, 1.165) is 0 Å². The Morgan fingerprint density at radius 1 is 1.38 bits per heavy atom. The zero-order chi connectivity index (χ0) is 5.72. The summed E-state index contributed by atoms with van der Waals surface area (Å²) in [4.78, 5) is 0. The van der Waals surface area contributed by atoms with Crippen LogP contribution in [0.15, 0.2) is 0 Å². The van der Waals surface area contributed by atoms with Crippen LogP contribution in [0, 0.1) is 0 Å². The Labute approximate surface area is 46.9 Å². The molecule has 2 N–H and O–H groups in total. The van der Waals surface area contributed by atoms with Gasteiger partial charge in [-0.05, 0) is 0 Å². The number of aliphatic hydroxyl groups is 2. The van der Waals surface area contributed by atoms with E-state index in [0.29, 0.717) is 6.42 Å². The highest BCUT2D eigenvalue weighted by Crippen LogP contribution is 2.38. The molecule has 1 saturated carbocycles. The average Bonchev–Trinajstić information content (AvgIpc) is 2.39. The molecule has 2 fully saturated rings. The first-order valence-electron chi connectivity index (χ1n) is 2.80. The molecule has 0 spiro atoms. The first-order valence-corrected chi connectivity index (χ1v) is 2.80. The van der Waals surface area contributed by atoms with Gasteiger partial charge in [0.05, 0.1) is 12.2 Å². The Morgan fingerprint density at radius 3 is 2.38 bits per heavy atom. The van der Waals surface area contributed by atoms with Crippen LogP contribution < -0.4 is 0 Å². The first kappa shape index (κ1) is 4.73. The molecule has 0 radical (unpaired) electrons. The van der Waals surface area contributed by atoms with E-state index in [9.17, 15) is 0 Å². The van der Waals surface area contributed by atoms with E-state index in [2.05, 4.69) is 0 Å². The molecule has 0 aromatic carbocycles. The third-order valence-corrected chi connectivity index (χ3v) is 1.83. The van der Waals surface area contributed by atoms with E-state index in [1.165, 1.54) is 0 Å². The molecule has 0 aromatic heterocycles. The molecule has 1 aliphatic carbocycles. The Balaban J connectivity index is 2.08. The van der Waals surface area contributed by atoms with Crippen molar-refractivity contribution in [1.82, 2.24) is 0 Å². The number of aliphatic hydroxyl groups excluding tert-OH is 2. The third-order valence-electron chi connectivity index (χ3n) is 1.83.